The predicted octanol–water partition coefficient (Wildman–Crippen LogP) is 11.6. The van der Waals surface area contributed by atoms with Crippen LogP contribution in [0.15, 0.2) is 97.1 Å². The van der Waals surface area contributed by atoms with E-state index in [2.05, 4.69) is 21.3 Å². The molecule has 4 atom stereocenters. The van der Waals surface area contributed by atoms with Gasteiger partial charge < -0.3 is 21.3 Å². The van der Waals surface area contributed by atoms with Crippen LogP contribution in [-0.4, -0.2) is 38.5 Å². The van der Waals surface area contributed by atoms with E-state index in [-0.39, 0.29) is 11.1 Å². The monoisotopic (exact) mass is 778 g/mol. The molecule has 0 aliphatic carbocycles. The maximum absolute atomic E-state index is 13.5. The third-order valence-electron chi connectivity index (χ3n) is 9.84. The Balaban J connectivity index is 0.000000204. The van der Waals surface area contributed by atoms with Crippen molar-refractivity contribution in [2.24, 2.45) is 11.8 Å². The van der Waals surface area contributed by atoms with Crippen LogP contribution in [0.4, 0.5) is 37.7 Å². The number of nitrogens with one attached hydrogen (secondary N) is 4. The third kappa shape index (κ3) is 13.1. The molecule has 0 aromatic heterocycles. The fourth-order valence-electron chi connectivity index (χ4n) is 6.76. The first-order valence-electron chi connectivity index (χ1n) is 18.1. The van der Waals surface area contributed by atoms with E-state index >= 15 is 0 Å². The van der Waals surface area contributed by atoms with E-state index in [1.165, 1.54) is 67.8 Å². The molecule has 0 radical (unpaired) electrons. The van der Waals surface area contributed by atoms with Crippen molar-refractivity contribution in [3.63, 3.8) is 0 Å². The number of hydrogen-bond donors (Lipinski definition) is 4. The number of anilines is 2. The van der Waals surface area contributed by atoms with Gasteiger partial charge in [0.25, 0.3) is 0 Å². The van der Waals surface area contributed by atoms with E-state index in [0.717, 1.165) is 63.0 Å². The van der Waals surface area contributed by atoms with Gasteiger partial charge in [0, 0.05) is 21.4 Å². The first-order valence-corrected chi connectivity index (χ1v) is 18.9. The summed E-state index contributed by atoms with van der Waals surface area (Å²) in [5.74, 6) is 1.39. The number of rotatable bonds is 12. The van der Waals surface area contributed by atoms with Crippen LogP contribution in [0.25, 0.3) is 0 Å². The standard InChI is InChI=1S/C21H24ClF3N2.C20H22ClF3N2/c22-18-9-7-17(8-10-18)20(21(23,24)25)27-19-11-5-15(6-12-19)3-4-16-2-1-13-26-14-16;21-17-7-5-16(6-8-17)19(20(22,23)24)26-18-9-3-14(4-10-18)1-2-15-11-12-25-13-15/h5-12,16,20,26-27H,1-4,13-14H2;3-10,15,19,25-26H,1-2,11-13H2. The van der Waals surface area contributed by atoms with Crippen molar-refractivity contribution in [2.45, 2.75) is 69.4 Å². The molecule has 0 bridgehead atoms. The first-order chi connectivity index (χ1) is 25.3. The van der Waals surface area contributed by atoms with Gasteiger partial charge in [0.05, 0.1) is 0 Å². The van der Waals surface area contributed by atoms with Crippen molar-refractivity contribution in [1.82, 2.24) is 10.6 Å². The van der Waals surface area contributed by atoms with Crippen molar-refractivity contribution in [3.8, 4) is 0 Å². The van der Waals surface area contributed by atoms with Crippen molar-refractivity contribution in [3.05, 3.63) is 129 Å². The number of aryl methyl sites for hydroxylation is 2. The molecule has 4 aromatic carbocycles. The average Bonchev–Trinajstić information content (AvgIpc) is 3.67. The molecule has 4 N–H and O–H groups in total. The highest BCUT2D eigenvalue weighted by Crippen LogP contribution is 2.37. The van der Waals surface area contributed by atoms with Crippen LogP contribution in [-0.2, 0) is 12.8 Å². The summed E-state index contributed by atoms with van der Waals surface area (Å²) in [6.07, 6.45) is -1.01. The Hall–Kier alpha value is -3.44. The molecule has 2 aliphatic heterocycles. The summed E-state index contributed by atoms with van der Waals surface area (Å²) in [5, 5.41) is 12.8. The zero-order valence-corrected chi connectivity index (χ0v) is 30.9. The quantitative estimate of drug-likeness (QED) is 0.108. The second kappa shape index (κ2) is 19.2. The van der Waals surface area contributed by atoms with E-state index in [0.29, 0.717) is 33.3 Å². The molecule has 6 rings (SSSR count). The van der Waals surface area contributed by atoms with E-state index in [9.17, 15) is 26.3 Å². The van der Waals surface area contributed by atoms with Gasteiger partial charge in [0.15, 0.2) is 0 Å². The van der Waals surface area contributed by atoms with Crippen LogP contribution in [0.1, 0.15) is 66.4 Å². The minimum absolute atomic E-state index is 0.139. The molecule has 2 aliphatic rings. The van der Waals surface area contributed by atoms with Gasteiger partial charge in [-0.2, -0.15) is 26.3 Å². The minimum Gasteiger partial charge on any atom is -0.370 e. The first kappa shape index (κ1) is 40.7. The molecular weight excluding hydrogens is 733 g/mol. The SMILES string of the molecule is FC(F)(F)C(Nc1ccc(CCC2CCCNC2)cc1)c1ccc(Cl)cc1.FC(F)(F)C(Nc1ccc(CCC2CCNC2)cc1)c1ccc(Cl)cc1. The second-order valence-corrected chi connectivity index (χ2v) is 14.8. The molecule has 0 spiro atoms. The summed E-state index contributed by atoms with van der Waals surface area (Å²) in [6, 6.07) is 22.5. The second-order valence-electron chi connectivity index (χ2n) is 13.9. The highest BCUT2D eigenvalue weighted by molar-refractivity contribution is 6.30. The topological polar surface area (TPSA) is 48.1 Å². The molecule has 286 valence electrons. The van der Waals surface area contributed by atoms with Gasteiger partial charge in [-0.15, -0.1) is 0 Å². The summed E-state index contributed by atoms with van der Waals surface area (Å²) in [7, 11) is 0. The Kier molecular flexibility index (Phi) is 14.8. The molecule has 4 aromatic rings. The van der Waals surface area contributed by atoms with Gasteiger partial charge in [0.2, 0.25) is 0 Å². The van der Waals surface area contributed by atoms with Crippen molar-refractivity contribution >= 4 is 34.6 Å². The molecular formula is C41H46Cl2F6N4. The van der Waals surface area contributed by atoms with Crippen molar-refractivity contribution < 1.29 is 26.3 Å². The maximum atomic E-state index is 13.5. The molecule has 2 fully saturated rings. The van der Waals surface area contributed by atoms with Crippen LogP contribution in [0, 0.1) is 11.8 Å². The largest absolute Gasteiger partial charge is 0.412 e. The average molecular weight is 780 g/mol. The van der Waals surface area contributed by atoms with Gasteiger partial charge in [-0.1, -0.05) is 71.7 Å². The van der Waals surface area contributed by atoms with Crippen LogP contribution in [0.3, 0.4) is 0 Å². The number of alkyl halides is 6. The Morgan fingerprint density at radius 2 is 0.943 bits per heavy atom. The summed E-state index contributed by atoms with van der Waals surface area (Å²) in [5.41, 5.74) is 3.49. The van der Waals surface area contributed by atoms with Gasteiger partial charge >= 0.3 is 12.4 Å². The Morgan fingerprint density at radius 3 is 1.30 bits per heavy atom. The van der Waals surface area contributed by atoms with E-state index in [1.54, 1.807) is 24.3 Å². The van der Waals surface area contributed by atoms with Crippen LogP contribution in [0.5, 0.6) is 0 Å². The minimum atomic E-state index is -4.40. The highest BCUT2D eigenvalue weighted by atomic mass is 35.5. The zero-order valence-electron chi connectivity index (χ0n) is 29.3. The number of benzene rings is 4. The summed E-state index contributed by atoms with van der Waals surface area (Å²) in [6.45, 7) is 4.31. The molecule has 2 saturated heterocycles. The zero-order chi connectivity index (χ0) is 37.8. The maximum Gasteiger partial charge on any atom is 0.412 e. The summed E-state index contributed by atoms with van der Waals surface area (Å²) in [4.78, 5) is 0. The van der Waals surface area contributed by atoms with Crippen LogP contribution in [0.2, 0.25) is 10.0 Å². The van der Waals surface area contributed by atoms with Gasteiger partial charge in [-0.25, -0.2) is 0 Å². The predicted molar refractivity (Wildman–Crippen MR) is 204 cm³/mol. The molecule has 4 unspecified atom stereocenters. The van der Waals surface area contributed by atoms with Crippen LogP contribution >= 0.6 is 23.2 Å². The third-order valence-corrected chi connectivity index (χ3v) is 10.3. The smallest absolute Gasteiger partial charge is 0.370 e. The normalized spacial score (nSPS) is 18.8. The molecule has 12 heteroatoms. The lowest BCUT2D eigenvalue weighted by atomic mass is 9.93. The molecule has 4 nitrogen and oxygen atoms in total. The summed E-state index contributed by atoms with van der Waals surface area (Å²) < 4.78 is 80.9. The fourth-order valence-corrected chi connectivity index (χ4v) is 7.01. The van der Waals surface area contributed by atoms with Gasteiger partial charge in [-0.3, -0.25) is 0 Å². The Labute approximate surface area is 318 Å². The van der Waals surface area contributed by atoms with Crippen molar-refractivity contribution in [2.75, 3.05) is 36.8 Å². The lowest BCUT2D eigenvalue weighted by Crippen LogP contribution is -2.29. The van der Waals surface area contributed by atoms with E-state index in [4.69, 9.17) is 23.2 Å². The van der Waals surface area contributed by atoms with Crippen LogP contribution < -0.4 is 21.3 Å². The number of hydrogen-bond acceptors (Lipinski definition) is 4. The Bertz CT molecular complexity index is 1650. The number of halogens is 8. The lowest BCUT2D eigenvalue weighted by Gasteiger charge is -2.24. The fraction of sp³-hybridized carbons (Fsp3) is 0.415. The highest BCUT2D eigenvalue weighted by Gasteiger charge is 2.41. The number of piperidine rings is 1. The molecule has 53 heavy (non-hydrogen) atoms. The summed E-state index contributed by atoms with van der Waals surface area (Å²) >= 11 is 11.6. The van der Waals surface area contributed by atoms with E-state index in [1.807, 2.05) is 24.3 Å². The molecule has 0 saturated carbocycles. The van der Waals surface area contributed by atoms with Crippen molar-refractivity contribution in [1.29, 1.82) is 0 Å². The molecule has 0 amide bonds. The lowest BCUT2D eigenvalue weighted by molar-refractivity contribution is -0.144. The van der Waals surface area contributed by atoms with Gasteiger partial charge in [-0.05, 0) is 154 Å². The Morgan fingerprint density at radius 1 is 0.547 bits per heavy atom. The van der Waals surface area contributed by atoms with E-state index < -0.39 is 24.4 Å². The van der Waals surface area contributed by atoms with Gasteiger partial charge in [0.1, 0.15) is 12.1 Å². The molecule has 2 heterocycles.